The number of nitrogens with two attached hydrogens (primary N) is 1. The van der Waals surface area contributed by atoms with Crippen LogP contribution >= 0.6 is 11.3 Å². The van der Waals surface area contributed by atoms with E-state index >= 15 is 0 Å². The number of hydrogen-bond donors (Lipinski definition) is 2. The maximum Gasteiger partial charge on any atom is 0.231 e. The second-order valence-corrected chi connectivity index (χ2v) is 4.85. The van der Waals surface area contributed by atoms with Crippen molar-refractivity contribution in [1.29, 1.82) is 0 Å². The van der Waals surface area contributed by atoms with E-state index in [0.717, 1.165) is 9.75 Å². The summed E-state index contributed by atoms with van der Waals surface area (Å²) in [5, 5.41) is 8.60. The molecule has 0 bridgehead atoms. The molecule has 0 radical (unpaired) electrons. The molecular weight excluding hydrogens is 236 g/mol. The van der Waals surface area contributed by atoms with Crippen molar-refractivity contribution < 1.29 is 9.90 Å². The van der Waals surface area contributed by atoms with Gasteiger partial charge in [-0.2, -0.15) is 0 Å². The van der Waals surface area contributed by atoms with Crippen LogP contribution in [0.15, 0.2) is 12.1 Å². The highest BCUT2D eigenvalue weighted by Gasteiger charge is 2.05. The maximum absolute atomic E-state index is 10.7. The third-order valence-electron chi connectivity index (χ3n) is 1.96. The molecule has 1 rings (SSSR count). The first-order chi connectivity index (χ1) is 8.11. The lowest BCUT2D eigenvalue weighted by atomic mass is 10.4. The number of nitrogens with zero attached hydrogens (tertiary/aromatic N) is 1. The minimum absolute atomic E-state index is 0.0899. The van der Waals surface area contributed by atoms with Gasteiger partial charge in [-0.05, 0) is 19.2 Å². The van der Waals surface area contributed by atoms with E-state index in [-0.39, 0.29) is 19.1 Å². The average Bonchev–Trinajstić information content (AvgIpc) is 2.64. The van der Waals surface area contributed by atoms with E-state index < -0.39 is 0 Å². The normalized spacial score (nSPS) is 10.1. The van der Waals surface area contributed by atoms with Crippen LogP contribution < -0.4 is 5.73 Å². The van der Waals surface area contributed by atoms with Crippen molar-refractivity contribution in [2.45, 2.75) is 13.0 Å². The van der Waals surface area contributed by atoms with Crippen molar-refractivity contribution in [2.75, 3.05) is 20.2 Å². The van der Waals surface area contributed by atoms with Gasteiger partial charge in [0.15, 0.2) is 0 Å². The molecule has 4 nitrogen and oxygen atoms in total. The molecule has 1 aromatic rings. The molecule has 0 atom stereocenters. The van der Waals surface area contributed by atoms with E-state index in [9.17, 15) is 4.79 Å². The van der Waals surface area contributed by atoms with E-state index in [2.05, 4.69) is 11.8 Å². The van der Waals surface area contributed by atoms with Crippen molar-refractivity contribution in [1.82, 2.24) is 4.90 Å². The lowest BCUT2D eigenvalue weighted by molar-refractivity contribution is -0.118. The molecule has 1 amide bonds. The topological polar surface area (TPSA) is 66.6 Å². The second kappa shape index (κ2) is 7.07. The van der Waals surface area contributed by atoms with E-state index in [1.54, 1.807) is 11.3 Å². The first-order valence-corrected chi connectivity index (χ1v) is 6.08. The molecule has 3 N–H and O–H groups in total. The minimum Gasteiger partial charge on any atom is -0.395 e. The molecule has 17 heavy (non-hydrogen) atoms. The Morgan fingerprint density at radius 2 is 2.35 bits per heavy atom. The minimum atomic E-state index is -0.327. The summed E-state index contributed by atoms with van der Waals surface area (Å²) >= 11 is 1.59. The Bertz CT molecular complexity index is 431. The molecule has 0 aromatic carbocycles. The van der Waals surface area contributed by atoms with Crippen LogP contribution in [0, 0.1) is 11.8 Å². The molecular formula is C12H16N2O2S. The SMILES string of the molecule is CN(CC(N)=O)Cc1ccc(C#CCCO)s1. The largest absolute Gasteiger partial charge is 0.395 e. The van der Waals surface area contributed by atoms with Gasteiger partial charge in [0.2, 0.25) is 5.91 Å². The highest BCUT2D eigenvalue weighted by Crippen LogP contribution is 2.16. The first kappa shape index (κ1) is 13.7. The number of hydrogen-bond acceptors (Lipinski definition) is 4. The third-order valence-corrected chi connectivity index (χ3v) is 2.95. The van der Waals surface area contributed by atoms with Crippen molar-refractivity contribution >= 4 is 17.2 Å². The number of rotatable bonds is 5. The van der Waals surface area contributed by atoms with Gasteiger partial charge >= 0.3 is 0 Å². The Morgan fingerprint density at radius 3 is 3.00 bits per heavy atom. The van der Waals surface area contributed by atoms with Gasteiger partial charge in [0, 0.05) is 17.8 Å². The van der Waals surface area contributed by atoms with Gasteiger partial charge in [0.25, 0.3) is 0 Å². The van der Waals surface area contributed by atoms with E-state index in [0.29, 0.717) is 13.0 Å². The molecule has 0 saturated carbocycles. The summed E-state index contributed by atoms with van der Waals surface area (Å²) in [7, 11) is 1.85. The van der Waals surface area contributed by atoms with Gasteiger partial charge in [-0.25, -0.2) is 0 Å². The first-order valence-electron chi connectivity index (χ1n) is 5.27. The standard InChI is InChI=1S/C12H16N2O2S/c1-14(9-12(13)16)8-11-6-5-10(17-11)4-2-3-7-15/h5-6,15H,3,7-9H2,1H3,(H2,13,16). The van der Waals surface area contributed by atoms with Gasteiger partial charge < -0.3 is 10.8 Å². The molecule has 1 heterocycles. The Labute approximate surface area is 105 Å². The molecule has 92 valence electrons. The summed E-state index contributed by atoms with van der Waals surface area (Å²) in [5.41, 5.74) is 5.11. The third kappa shape index (κ3) is 5.50. The fourth-order valence-electron chi connectivity index (χ4n) is 1.32. The molecule has 1 aromatic heterocycles. The van der Waals surface area contributed by atoms with Crippen molar-refractivity contribution in [3.63, 3.8) is 0 Å². The van der Waals surface area contributed by atoms with Crippen LogP contribution in [0.1, 0.15) is 16.2 Å². The predicted octanol–water partition coefficient (Wildman–Crippen LogP) is 0.399. The molecule has 0 saturated heterocycles. The average molecular weight is 252 g/mol. The highest BCUT2D eigenvalue weighted by molar-refractivity contribution is 7.12. The smallest absolute Gasteiger partial charge is 0.231 e. The van der Waals surface area contributed by atoms with Gasteiger partial charge in [-0.15, -0.1) is 11.3 Å². The summed E-state index contributed by atoms with van der Waals surface area (Å²) in [5.74, 6) is 5.52. The summed E-state index contributed by atoms with van der Waals surface area (Å²) < 4.78 is 0. The molecule has 0 aliphatic rings. The van der Waals surface area contributed by atoms with Crippen LogP contribution in [0.2, 0.25) is 0 Å². The number of likely N-dealkylation sites (N-methyl/N-ethyl adjacent to an activating group) is 1. The van der Waals surface area contributed by atoms with Crippen LogP contribution in [0.5, 0.6) is 0 Å². The molecule has 0 aliphatic carbocycles. The lowest BCUT2D eigenvalue weighted by Gasteiger charge is -2.12. The van der Waals surface area contributed by atoms with Crippen molar-refractivity contribution in [3.05, 3.63) is 21.9 Å². The number of aliphatic hydroxyl groups excluding tert-OH is 1. The van der Waals surface area contributed by atoms with Gasteiger partial charge in [0.1, 0.15) is 0 Å². The number of primary amides is 1. The molecule has 0 fully saturated rings. The van der Waals surface area contributed by atoms with Crippen LogP contribution in [0.4, 0.5) is 0 Å². The predicted molar refractivity (Wildman–Crippen MR) is 68.4 cm³/mol. The molecule has 5 heteroatoms. The van der Waals surface area contributed by atoms with Gasteiger partial charge in [-0.1, -0.05) is 11.8 Å². The Hall–Kier alpha value is -1.35. The van der Waals surface area contributed by atoms with Gasteiger partial charge in [-0.3, -0.25) is 9.69 Å². The summed E-state index contributed by atoms with van der Waals surface area (Å²) in [4.78, 5) is 14.7. The summed E-state index contributed by atoms with van der Waals surface area (Å²) in [6.07, 6.45) is 0.495. The van der Waals surface area contributed by atoms with Crippen LogP contribution in [0.3, 0.4) is 0 Å². The van der Waals surface area contributed by atoms with Gasteiger partial charge in [0.05, 0.1) is 18.0 Å². The number of amides is 1. The number of thiophene rings is 1. The van der Waals surface area contributed by atoms with Crippen LogP contribution in [0.25, 0.3) is 0 Å². The highest BCUT2D eigenvalue weighted by atomic mass is 32.1. The Balaban J connectivity index is 2.51. The Kier molecular flexibility index (Phi) is 5.70. The fourth-order valence-corrected chi connectivity index (χ4v) is 2.29. The van der Waals surface area contributed by atoms with Crippen LogP contribution in [-0.4, -0.2) is 36.1 Å². The zero-order valence-electron chi connectivity index (χ0n) is 9.77. The lowest BCUT2D eigenvalue weighted by Crippen LogP contribution is -2.29. The van der Waals surface area contributed by atoms with Crippen LogP contribution in [-0.2, 0) is 11.3 Å². The summed E-state index contributed by atoms with van der Waals surface area (Å²) in [6.45, 7) is 1.03. The van der Waals surface area contributed by atoms with Crippen molar-refractivity contribution in [3.8, 4) is 11.8 Å². The maximum atomic E-state index is 10.7. The fraction of sp³-hybridized carbons (Fsp3) is 0.417. The monoisotopic (exact) mass is 252 g/mol. The number of aliphatic hydroxyl groups is 1. The van der Waals surface area contributed by atoms with E-state index in [1.807, 2.05) is 24.1 Å². The quantitative estimate of drug-likeness (QED) is 0.745. The number of carbonyl (C=O) groups is 1. The zero-order valence-corrected chi connectivity index (χ0v) is 10.6. The number of carbonyl (C=O) groups excluding carboxylic acids is 1. The van der Waals surface area contributed by atoms with E-state index in [4.69, 9.17) is 10.8 Å². The molecule has 0 unspecified atom stereocenters. The summed E-state index contributed by atoms with van der Waals surface area (Å²) in [6, 6.07) is 3.94. The van der Waals surface area contributed by atoms with E-state index in [1.165, 1.54) is 0 Å². The second-order valence-electron chi connectivity index (χ2n) is 3.68. The zero-order chi connectivity index (χ0) is 12.7. The molecule has 0 spiro atoms. The molecule has 0 aliphatic heterocycles. The van der Waals surface area contributed by atoms with Crippen molar-refractivity contribution in [2.24, 2.45) is 5.73 Å². The Morgan fingerprint density at radius 1 is 1.59 bits per heavy atom.